The normalized spacial score (nSPS) is 11.5. The molecule has 0 heterocycles. The van der Waals surface area contributed by atoms with E-state index in [4.69, 9.17) is 0 Å². The van der Waals surface area contributed by atoms with Crippen molar-refractivity contribution in [3.05, 3.63) is 70.3 Å². The molecule has 0 saturated carbocycles. The Kier molecular flexibility index (Phi) is 4.96. The Balaban J connectivity index is 2.41. The number of thioether (sulfide) groups is 1. The lowest BCUT2D eigenvalue weighted by atomic mass is 9.95. The van der Waals surface area contributed by atoms with Gasteiger partial charge >= 0.3 is 5.51 Å². The van der Waals surface area contributed by atoms with Crippen molar-refractivity contribution in [1.82, 2.24) is 0 Å². The van der Waals surface area contributed by atoms with Crippen LogP contribution in [0.1, 0.15) is 32.6 Å². The van der Waals surface area contributed by atoms with Crippen molar-refractivity contribution in [2.75, 3.05) is 0 Å². The van der Waals surface area contributed by atoms with Crippen LogP contribution in [0.25, 0.3) is 0 Å². The van der Waals surface area contributed by atoms with Crippen LogP contribution in [0.15, 0.2) is 42.5 Å². The molecule has 5 heteroatoms. The Bertz CT molecular complexity index is 678. The smallest absolute Gasteiger partial charge is 0.289 e. The summed E-state index contributed by atoms with van der Waals surface area (Å²) in [5.41, 5.74) is -1.32. The first-order chi connectivity index (χ1) is 10.3. The number of carbonyl (C=O) groups is 1. The molecule has 0 aliphatic heterocycles. The molecule has 22 heavy (non-hydrogen) atoms. The van der Waals surface area contributed by atoms with Crippen molar-refractivity contribution >= 4 is 17.5 Å². The number of benzene rings is 2. The van der Waals surface area contributed by atoms with E-state index in [9.17, 15) is 18.0 Å². The minimum atomic E-state index is -4.31. The van der Waals surface area contributed by atoms with Gasteiger partial charge in [0.25, 0.3) is 0 Å². The molecule has 0 fully saturated rings. The minimum Gasteiger partial charge on any atom is -0.289 e. The first-order valence-corrected chi connectivity index (χ1v) is 7.67. The maximum absolute atomic E-state index is 12.6. The molecule has 2 aromatic rings. The van der Waals surface area contributed by atoms with Crippen LogP contribution in [0.5, 0.6) is 0 Å². The van der Waals surface area contributed by atoms with Crippen LogP contribution >= 0.6 is 11.8 Å². The lowest BCUT2D eigenvalue weighted by molar-refractivity contribution is -0.0329. The molecule has 0 amide bonds. The molecule has 0 spiro atoms. The highest BCUT2D eigenvalue weighted by Gasteiger charge is 2.29. The molecule has 0 aromatic heterocycles. The van der Waals surface area contributed by atoms with Crippen molar-refractivity contribution in [3.63, 3.8) is 0 Å². The van der Waals surface area contributed by atoms with Crippen LogP contribution in [0.4, 0.5) is 13.2 Å². The average Bonchev–Trinajstić information content (AvgIpc) is 2.47. The summed E-state index contributed by atoms with van der Waals surface area (Å²) in [6, 6.07) is 11.9. The van der Waals surface area contributed by atoms with Gasteiger partial charge in [-0.1, -0.05) is 36.4 Å². The standard InChI is InChI=1S/C17H15F3OS/c1-11-8-14(10-22-17(18,19)20)15(9-12(11)2)16(21)13-6-4-3-5-7-13/h3-9H,10H2,1-2H3. The molecule has 0 atom stereocenters. The van der Waals surface area contributed by atoms with Crippen molar-refractivity contribution in [3.8, 4) is 0 Å². The molecule has 0 unspecified atom stereocenters. The molecule has 0 saturated heterocycles. The number of rotatable bonds is 4. The van der Waals surface area contributed by atoms with Crippen LogP contribution in [0.2, 0.25) is 0 Å². The molecular formula is C17H15F3OS. The van der Waals surface area contributed by atoms with Crippen LogP contribution in [-0.2, 0) is 5.75 Å². The van der Waals surface area contributed by atoms with E-state index >= 15 is 0 Å². The zero-order chi connectivity index (χ0) is 16.3. The van der Waals surface area contributed by atoms with Crippen molar-refractivity contribution in [1.29, 1.82) is 0 Å². The molecule has 0 aliphatic rings. The molecule has 116 valence electrons. The second-order valence-corrected chi connectivity index (χ2v) is 6.06. The van der Waals surface area contributed by atoms with E-state index in [0.717, 1.165) is 11.1 Å². The summed E-state index contributed by atoms with van der Waals surface area (Å²) in [5.74, 6) is -0.514. The first kappa shape index (κ1) is 16.6. The number of hydrogen-bond acceptors (Lipinski definition) is 2. The molecule has 0 radical (unpaired) electrons. The summed E-state index contributed by atoms with van der Waals surface area (Å²) < 4.78 is 37.4. The second-order valence-electron chi connectivity index (χ2n) is 5.02. The Morgan fingerprint density at radius 2 is 1.64 bits per heavy atom. The SMILES string of the molecule is Cc1cc(CSC(F)(F)F)c(C(=O)c2ccccc2)cc1C. The largest absolute Gasteiger partial charge is 0.442 e. The molecule has 0 N–H and O–H groups in total. The van der Waals surface area contributed by atoms with Gasteiger partial charge in [0.1, 0.15) is 0 Å². The maximum Gasteiger partial charge on any atom is 0.442 e. The molecule has 0 bridgehead atoms. The van der Waals surface area contributed by atoms with E-state index in [2.05, 4.69) is 0 Å². The fraction of sp³-hybridized carbons (Fsp3) is 0.235. The van der Waals surface area contributed by atoms with Gasteiger partial charge in [-0.05, 0) is 48.4 Å². The van der Waals surface area contributed by atoms with Gasteiger partial charge in [0, 0.05) is 16.9 Å². The maximum atomic E-state index is 12.6. The lowest BCUT2D eigenvalue weighted by Crippen LogP contribution is -2.08. The highest BCUT2D eigenvalue weighted by atomic mass is 32.2. The number of hydrogen-bond donors (Lipinski definition) is 0. The van der Waals surface area contributed by atoms with Crippen LogP contribution in [0, 0.1) is 13.8 Å². The number of ketones is 1. The van der Waals surface area contributed by atoms with Crippen molar-refractivity contribution in [2.45, 2.75) is 25.1 Å². The summed E-state index contributed by atoms with van der Waals surface area (Å²) in [6.07, 6.45) is 0. The third-order valence-electron chi connectivity index (χ3n) is 3.39. The lowest BCUT2D eigenvalue weighted by Gasteiger charge is -2.13. The summed E-state index contributed by atoms with van der Waals surface area (Å²) in [6.45, 7) is 3.67. The third-order valence-corrected chi connectivity index (χ3v) is 4.17. The van der Waals surface area contributed by atoms with Crippen LogP contribution in [-0.4, -0.2) is 11.3 Å². The summed E-state index contributed by atoms with van der Waals surface area (Å²) >= 11 is -0.124. The van der Waals surface area contributed by atoms with Crippen molar-refractivity contribution in [2.24, 2.45) is 0 Å². The van der Waals surface area contributed by atoms with Gasteiger partial charge < -0.3 is 0 Å². The zero-order valence-electron chi connectivity index (χ0n) is 12.2. The number of halogens is 3. The van der Waals surface area contributed by atoms with Crippen molar-refractivity contribution < 1.29 is 18.0 Å². The van der Waals surface area contributed by atoms with Gasteiger partial charge in [0.2, 0.25) is 0 Å². The zero-order valence-corrected chi connectivity index (χ0v) is 13.0. The Labute approximate surface area is 131 Å². The third kappa shape index (κ3) is 4.13. The quantitative estimate of drug-likeness (QED) is 0.711. The molecular weight excluding hydrogens is 309 g/mol. The topological polar surface area (TPSA) is 17.1 Å². The van der Waals surface area contributed by atoms with Gasteiger partial charge in [-0.3, -0.25) is 4.79 Å². The van der Waals surface area contributed by atoms with Gasteiger partial charge in [-0.25, -0.2) is 0 Å². The number of carbonyl (C=O) groups excluding carboxylic acids is 1. The van der Waals surface area contributed by atoms with E-state index in [0.29, 0.717) is 16.7 Å². The predicted molar refractivity (Wildman–Crippen MR) is 83.1 cm³/mol. The minimum absolute atomic E-state index is 0.124. The number of alkyl halides is 3. The molecule has 1 nitrogen and oxygen atoms in total. The molecule has 0 aliphatic carbocycles. The average molecular weight is 324 g/mol. The fourth-order valence-corrected chi connectivity index (χ4v) is 2.67. The van der Waals surface area contributed by atoms with Crippen LogP contribution in [0.3, 0.4) is 0 Å². The first-order valence-electron chi connectivity index (χ1n) is 6.68. The molecule has 2 aromatic carbocycles. The molecule has 2 rings (SSSR count). The Morgan fingerprint density at radius 1 is 1.05 bits per heavy atom. The van der Waals surface area contributed by atoms with E-state index in [1.807, 2.05) is 13.8 Å². The van der Waals surface area contributed by atoms with Gasteiger partial charge in [-0.15, -0.1) is 0 Å². The van der Waals surface area contributed by atoms with Gasteiger partial charge in [-0.2, -0.15) is 13.2 Å². The Hall–Kier alpha value is -1.75. The second kappa shape index (κ2) is 6.57. The summed E-state index contributed by atoms with van der Waals surface area (Å²) in [5, 5.41) is 0. The van der Waals surface area contributed by atoms with Crippen LogP contribution < -0.4 is 0 Å². The highest BCUT2D eigenvalue weighted by Crippen LogP contribution is 2.34. The van der Waals surface area contributed by atoms with Gasteiger partial charge in [0.05, 0.1) is 0 Å². The summed E-state index contributed by atoms with van der Waals surface area (Å²) in [7, 11) is 0. The van der Waals surface area contributed by atoms with E-state index in [1.165, 1.54) is 0 Å². The van der Waals surface area contributed by atoms with E-state index in [-0.39, 0.29) is 23.3 Å². The monoisotopic (exact) mass is 324 g/mol. The fourth-order valence-electron chi connectivity index (χ4n) is 2.11. The van der Waals surface area contributed by atoms with E-state index in [1.54, 1.807) is 42.5 Å². The highest BCUT2D eigenvalue weighted by molar-refractivity contribution is 7.99. The van der Waals surface area contributed by atoms with E-state index < -0.39 is 5.51 Å². The van der Waals surface area contributed by atoms with Gasteiger partial charge in [0.15, 0.2) is 5.78 Å². The predicted octanol–water partition coefficient (Wildman–Crippen LogP) is 5.29. The number of aryl methyl sites for hydroxylation is 2. The summed E-state index contributed by atoms with van der Waals surface area (Å²) in [4.78, 5) is 12.6. The Morgan fingerprint density at radius 3 is 2.23 bits per heavy atom.